The van der Waals surface area contributed by atoms with E-state index in [1.165, 1.54) is 30.6 Å². The van der Waals surface area contributed by atoms with E-state index in [0.29, 0.717) is 6.54 Å². The van der Waals surface area contributed by atoms with Gasteiger partial charge in [0.1, 0.15) is 5.75 Å². The molecule has 3 saturated heterocycles. The standard InChI is InChI=1S/C28H34N4O2/c1-30-11-9-20-16-32(17-21(20)15-30)28-14-26(29-27-13-24(34-2)7-8-25(27)28)19-3-5-22(6-4-19)31-12-10-23(33)18-31/h3-8,13-14,20-21,23,33H,9-12,15-18H2,1-2H3. The number of β-amino-alcohol motifs (C(OH)–C–C–N with tert-alkyl or cyclic N) is 1. The first-order valence-electron chi connectivity index (χ1n) is 12.5. The second-order valence-electron chi connectivity index (χ2n) is 10.3. The maximum absolute atomic E-state index is 9.89. The van der Waals surface area contributed by atoms with E-state index in [1.54, 1.807) is 7.11 Å². The van der Waals surface area contributed by atoms with Gasteiger partial charge in [0, 0.05) is 61.1 Å². The maximum atomic E-state index is 9.89. The van der Waals surface area contributed by atoms with Crippen molar-refractivity contribution in [2.75, 3.05) is 63.2 Å². The van der Waals surface area contributed by atoms with Crippen LogP contribution in [0.3, 0.4) is 0 Å². The first-order valence-corrected chi connectivity index (χ1v) is 12.5. The van der Waals surface area contributed by atoms with E-state index in [2.05, 4.69) is 64.2 Å². The zero-order valence-corrected chi connectivity index (χ0v) is 20.2. The second kappa shape index (κ2) is 8.75. The van der Waals surface area contributed by atoms with Gasteiger partial charge in [-0.25, -0.2) is 4.98 Å². The largest absolute Gasteiger partial charge is 0.497 e. The number of nitrogens with zero attached hydrogens (tertiary/aromatic N) is 4. The number of aromatic nitrogens is 1. The third kappa shape index (κ3) is 3.99. The van der Waals surface area contributed by atoms with Crippen molar-refractivity contribution in [1.82, 2.24) is 9.88 Å². The smallest absolute Gasteiger partial charge is 0.121 e. The van der Waals surface area contributed by atoms with Crippen LogP contribution in [0.5, 0.6) is 5.75 Å². The predicted molar refractivity (Wildman–Crippen MR) is 138 cm³/mol. The van der Waals surface area contributed by atoms with Crippen molar-refractivity contribution >= 4 is 22.3 Å². The highest BCUT2D eigenvalue weighted by Gasteiger charge is 2.36. The number of hydrogen-bond acceptors (Lipinski definition) is 6. The molecule has 0 aliphatic carbocycles. The average molecular weight is 459 g/mol. The fraction of sp³-hybridized carbons (Fsp3) is 0.464. The van der Waals surface area contributed by atoms with Gasteiger partial charge in [0.15, 0.2) is 0 Å². The number of likely N-dealkylation sites (tertiary alicyclic amines) is 1. The molecular weight excluding hydrogens is 424 g/mol. The molecule has 3 atom stereocenters. The molecule has 6 rings (SSSR count). The molecule has 0 spiro atoms. The number of methoxy groups -OCH3 is 1. The van der Waals surface area contributed by atoms with E-state index in [0.717, 1.165) is 66.1 Å². The molecule has 3 aromatic rings. The summed E-state index contributed by atoms with van der Waals surface area (Å²) in [6.07, 6.45) is 1.91. The van der Waals surface area contributed by atoms with Gasteiger partial charge in [0.05, 0.1) is 24.4 Å². The molecule has 1 N–H and O–H groups in total. The van der Waals surface area contributed by atoms with Crippen LogP contribution in [0, 0.1) is 11.8 Å². The van der Waals surface area contributed by atoms with E-state index in [1.807, 2.05) is 6.07 Å². The Hall–Kier alpha value is -2.83. The number of ether oxygens (including phenoxy) is 1. The Kier molecular flexibility index (Phi) is 5.58. The van der Waals surface area contributed by atoms with Gasteiger partial charge in [0.25, 0.3) is 0 Å². The molecule has 1 aromatic heterocycles. The summed E-state index contributed by atoms with van der Waals surface area (Å²) in [5.74, 6) is 2.35. The third-order valence-corrected chi connectivity index (χ3v) is 8.03. The first-order chi connectivity index (χ1) is 16.6. The minimum Gasteiger partial charge on any atom is -0.497 e. The summed E-state index contributed by atoms with van der Waals surface area (Å²) in [5.41, 5.74) is 5.54. The van der Waals surface area contributed by atoms with E-state index in [4.69, 9.17) is 9.72 Å². The molecule has 0 saturated carbocycles. The summed E-state index contributed by atoms with van der Waals surface area (Å²) in [6, 6.07) is 17.2. The number of rotatable bonds is 4. The predicted octanol–water partition coefficient (Wildman–Crippen LogP) is 3.87. The number of anilines is 2. The first kappa shape index (κ1) is 21.7. The normalized spacial score (nSPS) is 25.2. The Balaban J connectivity index is 1.37. The SMILES string of the molecule is COc1ccc2c(N3CC4CCN(C)CC4C3)cc(-c3ccc(N4CCC(O)C4)cc3)nc2c1. The Bertz CT molecular complexity index is 1180. The summed E-state index contributed by atoms with van der Waals surface area (Å²) < 4.78 is 5.52. The number of benzene rings is 2. The molecule has 6 heteroatoms. The van der Waals surface area contributed by atoms with Gasteiger partial charge in [-0.05, 0) is 68.6 Å². The molecule has 3 aliphatic heterocycles. The highest BCUT2D eigenvalue weighted by molar-refractivity contribution is 5.95. The fourth-order valence-corrected chi connectivity index (χ4v) is 6.09. The lowest BCUT2D eigenvalue weighted by atomic mass is 9.89. The molecular formula is C28H34N4O2. The Morgan fingerprint density at radius 3 is 2.47 bits per heavy atom. The van der Waals surface area contributed by atoms with Gasteiger partial charge in [-0.3, -0.25) is 0 Å². The molecule has 3 unspecified atom stereocenters. The fourth-order valence-electron chi connectivity index (χ4n) is 6.09. The lowest BCUT2D eigenvalue weighted by Crippen LogP contribution is -2.37. The van der Waals surface area contributed by atoms with Crippen LogP contribution in [-0.4, -0.2) is 74.5 Å². The van der Waals surface area contributed by atoms with Gasteiger partial charge in [-0.2, -0.15) is 0 Å². The van der Waals surface area contributed by atoms with E-state index >= 15 is 0 Å². The Labute approximate surface area is 201 Å². The third-order valence-electron chi connectivity index (χ3n) is 8.03. The highest BCUT2D eigenvalue weighted by Crippen LogP contribution is 2.39. The quantitative estimate of drug-likeness (QED) is 0.641. The van der Waals surface area contributed by atoms with Crippen molar-refractivity contribution in [3.63, 3.8) is 0 Å². The van der Waals surface area contributed by atoms with E-state index in [-0.39, 0.29) is 6.10 Å². The van der Waals surface area contributed by atoms with Crippen LogP contribution >= 0.6 is 0 Å². The molecule has 0 radical (unpaired) electrons. The molecule has 3 aliphatic rings. The maximum Gasteiger partial charge on any atom is 0.121 e. The van der Waals surface area contributed by atoms with Crippen LogP contribution < -0.4 is 14.5 Å². The molecule has 178 valence electrons. The minimum atomic E-state index is -0.219. The topological polar surface area (TPSA) is 52.1 Å². The number of pyridine rings is 1. The molecule has 34 heavy (non-hydrogen) atoms. The van der Waals surface area contributed by atoms with E-state index in [9.17, 15) is 5.11 Å². The second-order valence-corrected chi connectivity index (χ2v) is 10.3. The Morgan fingerprint density at radius 2 is 1.71 bits per heavy atom. The zero-order chi connectivity index (χ0) is 23.2. The lowest BCUT2D eigenvalue weighted by Gasteiger charge is -2.31. The zero-order valence-electron chi connectivity index (χ0n) is 20.2. The number of piperidine rings is 1. The van der Waals surface area contributed by atoms with Crippen molar-refractivity contribution in [3.05, 3.63) is 48.5 Å². The molecule has 0 amide bonds. The summed E-state index contributed by atoms with van der Waals surface area (Å²) in [4.78, 5) is 12.4. The number of hydrogen-bond donors (Lipinski definition) is 1. The van der Waals surface area contributed by atoms with Gasteiger partial charge >= 0.3 is 0 Å². The van der Waals surface area contributed by atoms with Crippen LogP contribution in [0.1, 0.15) is 12.8 Å². The summed E-state index contributed by atoms with van der Waals surface area (Å²) in [5, 5.41) is 11.1. The summed E-state index contributed by atoms with van der Waals surface area (Å²) in [6.45, 7) is 6.25. The molecule has 2 aromatic carbocycles. The van der Waals surface area contributed by atoms with Crippen LogP contribution in [0.15, 0.2) is 48.5 Å². The van der Waals surface area contributed by atoms with Gasteiger partial charge in [0.2, 0.25) is 0 Å². The van der Waals surface area contributed by atoms with Gasteiger partial charge in [-0.15, -0.1) is 0 Å². The Morgan fingerprint density at radius 1 is 0.882 bits per heavy atom. The van der Waals surface area contributed by atoms with Crippen molar-refractivity contribution in [2.45, 2.75) is 18.9 Å². The van der Waals surface area contributed by atoms with Crippen molar-refractivity contribution in [1.29, 1.82) is 0 Å². The van der Waals surface area contributed by atoms with Crippen molar-refractivity contribution < 1.29 is 9.84 Å². The molecule has 3 fully saturated rings. The lowest BCUT2D eigenvalue weighted by molar-refractivity contribution is 0.178. The van der Waals surface area contributed by atoms with Gasteiger partial charge in [-0.1, -0.05) is 12.1 Å². The van der Waals surface area contributed by atoms with Crippen LogP contribution in [0.25, 0.3) is 22.2 Å². The molecule has 6 nitrogen and oxygen atoms in total. The van der Waals surface area contributed by atoms with Gasteiger partial charge < -0.3 is 24.5 Å². The number of aliphatic hydroxyl groups is 1. The molecule has 0 bridgehead atoms. The van der Waals surface area contributed by atoms with E-state index < -0.39 is 0 Å². The summed E-state index contributed by atoms with van der Waals surface area (Å²) in [7, 11) is 3.96. The number of fused-ring (bicyclic) bond motifs is 2. The van der Waals surface area contributed by atoms with Crippen LogP contribution in [0.4, 0.5) is 11.4 Å². The molecule has 4 heterocycles. The summed E-state index contributed by atoms with van der Waals surface area (Å²) >= 11 is 0. The minimum absolute atomic E-state index is 0.219. The van der Waals surface area contributed by atoms with Crippen molar-refractivity contribution in [2.24, 2.45) is 11.8 Å². The van der Waals surface area contributed by atoms with Crippen LogP contribution in [-0.2, 0) is 0 Å². The number of aliphatic hydroxyl groups excluding tert-OH is 1. The highest BCUT2D eigenvalue weighted by atomic mass is 16.5. The van der Waals surface area contributed by atoms with Crippen LogP contribution in [0.2, 0.25) is 0 Å². The average Bonchev–Trinajstić information content (AvgIpc) is 3.49. The van der Waals surface area contributed by atoms with Crippen molar-refractivity contribution in [3.8, 4) is 17.0 Å². The monoisotopic (exact) mass is 458 g/mol.